The van der Waals surface area contributed by atoms with E-state index in [2.05, 4.69) is 23.1 Å². The molecular weight excluding hydrogens is 370 g/mol. The SMILES string of the molecule is COc1cc([C@H]2[C@H]3CN(C)CC=C3C(C#N)=C(N)C2(C#N)C#N)cc2c1OCO2. The average Bonchev–Trinajstić information content (AvgIpc) is 3.21. The summed E-state index contributed by atoms with van der Waals surface area (Å²) >= 11 is 0. The van der Waals surface area contributed by atoms with Gasteiger partial charge in [-0.1, -0.05) is 6.08 Å². The van der Waals surface area contributed by atoms with Crippen molar-refractivity contribution < 1.29 is 14.2 Å². The fraction of sp³-hybridized carbons (Fsp3) is 0.381. The van der Waals surface area contributed by atoms with Gasteiger partial charge in [0.15, 0.2) is 16.9 Å². The molecule has 0 bridgehead atoms. The van der Waals surface area contributed by atoms with Gasteiger partial charge in [0.1, 0.15) is 6.07 Å². The molecule has 1 aromatic carbocycles. The molecule has 0 saturated heterocycles. The lowest BCUT2D eigenvalue weighted by Crippen LogP contribution is -2.47. The molecule has 1 aromatic rings. The molecule has 0 saturated carbocycles. The summed E-state index contributed by atoms with van der Waals surface area (Å²) in [5.74, 6) is 0.576. The molecule has 0 aromatic heterocycles. The number of hydrogen-bond donors (Lipinski definition) is 1. The Hall–Kier alpha value is -3.67. The fourth-order valence-corrected chi connectivity index (χ4v) is 4.53. The van der Waals surface area contributed by atoms with Gasteiger partial charge < -0.3 is 24.8 Å². The maximum Gasteiger partial charge on any atom is 0.231 e. The van der Waals surface area contributed by atoms with Crippen LogP contribution in [0.25, 0.3) is 0 Å². The number of methoxy groups -OCH3 is 1. The van der Waals surface area contributed by atoms with E-state index >= 15 is 0 Å². The van der Waals surface area contributed by atoms with Crippen LogP contribution in [-0.4, -0.2) is 38.9 Å². The summed E-state index contributed by atoms with van der Waals surface area (Å²) in [6, 6.07) is 9.92. The first-order valence-electron chi connectivity index (χ1n) is 9.10. The van der Waals surface area contributed by atoms with Crippen LogP contribution < -0.4 is 19.9 Å². The second kappa shape index (κ2) is 6.74. The Morgan fingerprint density at radius 2 is 2.00 bits per heavy atom. The lowest BCUT2D eigenvalue weighted by molar-refractivity contribution is 0.171. The lowest BCUT2D eigenvalue weighted by atomic mass is 9.58. The highest BCUT2D eigenvalue weighted by Crippen LogP contribution is 2.56. The third kappa shape index (κ3) is 2.52. The highest BCUT2D eigenvalue weighted by atomic mass is 16.7. The van der Waals surface area contributed by atoms with E-state index in [0.717, 1.165) is 5.57 Å². The Morgan fingerprint density at radius 1 is 1.24 bits per heavy atom. The number of nitrogens with two attached hydrogens (primary N) is 1. The number of rotatable bonds is 2. The van der Waals surface area contributed by atoms with E-state index < -0.39 is 11.3 Å². The fourth-order valence-electron chi connectivity index (χ4n) is 4.53. The molecule has 0 fully saturated rings. The third-order valence-corrected chi connectivity index (χ3v) is 5.89. The summed E-state index contributed by atoms with van der Waals surface area (Å²) in [6.45, 7) is 1.31. The van der Waals surface area contributed by atoms with Gasteiger partial charge in [-0.15, -0.1) is 0 Å². The summed E-state index contributed by atoms with van der Waals surface area (Å²) in [6.07, 6.45) is 1.95. The molecule has 146 valence electrons. The Morgan fingerprint density at radius 3 is 2.66 bits per heavy atom. The second-order valence-corrected chi connectivity index (χ2v) is 7.35. The molecule has 2 N–H and O–H groups in total. The van der Waals surface area contributed by atoms with Gasteiger partial charge in [0.25, 0.3) is 0 Å². The van der Waals surface area contributed by atoms with Crippen LogP contribution >= 0.6 is 0 Å². The zero-order valence-electron chi connectivity index (χ0n) is 16.1. The Bertz CT molecular complexity index is 1060. The van der Waals surface area contributed by atoms with Gasteiger partial charge in [-0.2, -0.15) is 15.8 Å². The van der Waals surface area contributed by atoms with Crippen molar-refractivity contribution in [2.75, 3.05) is 34.0 Å². The van der Waals surface area contributed by atoms with Crippen LogP contribution in [0.15, 0.2) is 35.1 Å². The molecule has 2 atom stereocenters. The van der Waals surface area contributed by atoms with Crippen LogP contribution in [0.2, 0.25) is 0 Å². The Labute approximate surface area is 168 Å². The lowest BCUT2D eigenvalue weighted by Gasteiger charge is -2.45. The smallest absolute Gasteiger partial charge is 0.231 e. The van der Waals surface area contributed by atoms with Crippen molar-refractivity contribution in [2.45, 2.75) is 5.92 Å². The van der Waals surface area contributed by atoms with Crippen LogP contribution in [-0.2, 0) is 0 Å². The summed E-state index contributed by atoms with van der Waals surface area (Å²) in [4.78, 5) is 2.08. The van der Waals surface area contributed by atoms with Crippen LogP contribution in [0.3, 0.4) is 0 Å². The topological polar surface area (TPSA) is 128 Å². The van der Waals surface area contributed by atoms with Gasteiger partial charge in [0.2, 0.25) is 12.5 Å². The molecule has 2 aliphatic heterocycles. The number of likely N-dealkylation sites (N-methyl/N-ethyl adjacent to an activating group) is 1. The van der Waals surface area contributed by atoms with Gasteiger partial charge in [-0.05, 0) is 30.3 Å². The molecule has 0 unspecified atom stereocenters. The van der Waals surface area contributed by atoms with Gasteiger partial charge in [0, 0.05) is 24.9 Å². The minimum atomic E-state index is -1.69. The largest absolute Gasteiger partial charge is 0.493 e. The number of nitrogens with zero attached hydrogens (tertiary/aromatic N) is 4. The summed E-state index contributed by atoms with van der Waals surface area (Å²) in [5.41, 5.74) is 6.32. The summed E-state index contributed by atoms with van der Waals surface area (Å²) in [5, 5.41) is 30.0. The van der Waals surface area contributed by atoms with E-state index in [1.807, 2.05) is 13.1 Å². The van der Waals surface area contributed by atoms with Crippen LogP contribution in [0.1, 0.15) is 11.5 Å². The zero-order chi connectivity index (χ0) is 20.8. The molecular formula is C21H19N5O3. The van der Waals surface area contributed by atoms with Gasteiger partial charge >= 0.3 is 0 Å². The predicted octanol–water partition coefficient (Wildman–Crippen LogP) is 1.78. The van der Waals surface area contributed by atoms with Crippen molar-refractivity contribution >= 4 is 0 Å². The molecule has 0 spiro atoms. The standard InChI is InChI=1S/C21H19N5O3/c1-26-4-3-13-14(7-22)20(25)21(9-23,10-24)18(15(13)8-26)12-5-16(27-2)19-17(6-12)28-11-29-19/h3,5-6,15,18H,4,8,11,25H2,1-2H3/t15-,18-/m0/s1. The van der Waals surface area contributed by atoms with E-state index in [0.29, 0.717) is 35.9 Å². The minimum Gasteiger partial charge on any atom is -0.493 e. The molecule has 8 nitrogen and oxygen atoms in total. The van der Waals surface area contributed by atoms with Crippen LogP contribution in [0.4, 0.5) is 0 Å². The first-order valence-corrected chi connectivity index (χ1v) is 9.10. The van der Waals surface area contributed by atoms with Crippen molar-refractivity contribution in [3.63, 3.8) is 0 Å². The van der Waals surface area contributed by atoms with Crippen molar-refractivity contribution in [3.05, 3.63) is 40.6 Å². The molecule has 3 aliphatic rings. The maximum atomic E-state index is 10.1. The van der Waals surface area contributed by atoms with Gasteiger partial charge in [0.05, 0.1) is 30.5 Å². The highest BCUT2D eigenvalue weighted by molar-refractivity contribution is 5.62. The van der Waals surface area contributed by atoms with E-state index in [1.54, 1.807) is 12.1 Å². The van der Waals surface area contributed by atoms with E-state index in [4.69, 9.17) is 19.9 Å². The van der Waals surface area contributed by atoms with Crippen LogP contribution in [0.5, 0.6) is 17.2 Å². The predicted molar refractivity (Wildman–Crippen MR) is 101 cm³/mol. The van der Waals surface area contributed by atoms with Crippen molar-refractivity contribution in [1.82, 2.24) is 4.90 Å². The first kappa shape index (κ1) is 18.7. The highest BCUT2D eigenvalue weighted by Gasteiger charge is 2.54. The summed E-state index contributed by atoms with van der Waals surface area (Å²) < 4.78 is 16.5. The molecule has 1 aliphatic carbocycles. The van der Waals surface area contributed by atoms with Gasteiger partial charge in [-0.3, -0.25) is 0 Å². The zero-order valence-corrected chi connectivity index (χ0v) is 16.1. The van der Waals surface area contributed by atoms with E-state index in [1.165, 1.54) is 7.11 Å². The summed E-state index contributed by atoms with van der Waals surface area (Å²) in [7, 11) is 3.48. The van der Waals surface area contributed by atoms with Gasteiger partial charge in [-0.25, -0.2) is 0 Å². The van der Waals surface area contributed by atoms with Crippen LogP contribution in [0, 0.1) is 45.3 Å². The number of hydrogen-bond acceptors (Lipinski definition) is 8. The normalized spacial score (nSPS) is 24.6. The number of benzene rings is 1. The average molecular weight is 389 g/mol. The van der Waals surface area contributed by atoms with E-state index in [9.17, 15) is 15.8 Å². The van der Waals surface area contributed by atoms with Crippen molar-refractivity contribution in [1.29, 1.82) is 15.8 Å². The third-order valence-electron chi connectivity index (χ3n) is 5.89. The maximum absolute atomic E-state index is 10.1. The molecule has 8 heteroatoms. The minimum absolute atomic E-state index is 0.00122. The van der Waals surface area contributed by atoms with Crippen molar-refractivity contribution in [3.8, 4) is 35.5 Å². The molecule has 29 heavy (non-hydrogen) atoms. The van der Waals surface area contributed by atoms with E-state index in [-0.39, 0.29) is 24.0 Å². The molecule has 0 amide bonds. The quantitative estimate of drug-likeness (QED) is 0.810. The number of fused-ring (bicyclic) bond motifs is 2. The molecule has 2 heterocycles. The Balaban J connectivity index is 2.01. The first-order chi connectivity index (χ1) is 14.0. The number of ether oxygens (including phenoxy) is 3. The monoisotopic (exact) mass is 389 g/mol. The Kier molecular flexibility index (Phi) is 4.34. The number of nitriles is 3. The number of allylic oxidation sites excluding steroid dienone is 2. The molecule has 4 rings (SSSR count). The van der Waals surface area contributed by atoms with Crippen molar-refractivity contribution in [2.24, 2.45) is 17.1 Å². The second-order valence-electron chi connectivity index (χ2n) is 7.35. The molecule has 0 radical (unpaired) electrons.